The van der Waals surface area contributed by atoms with Gasteiger partial charge in [0.15, 0.2) is 0 Å². The molecule has 0 aliphatic rings. The summed E-state index contributed by atoms with van der Waals surface area (Å²) in [4.78, 5) is 19.3. The van der Waals surface area contributed by atoms with Crippen molar-refractivity contribution in [2.45, 2.75) is 12.5 Å². The molecular formula is C7H10NO4P. The third-order valence-corrected chi connectivity index (χ3v) is 1.84. The van der Waals surface area contributed by atoms with Crippen LogP contribution in [-0.4, -0.2) is 15.9 Å². The highest BCUT2D eigenvalue weighted by Gasteiger charge is 2.14. The molecule has 0 aromatic carbocycles. The first-order valence-electron chi connectivity index (χ1n) is 3.63. The summed E-state index contributed by atoms with van der Waals surface area (Å²) >= 11 is 0. The summed E-state index contributed by atoms with van der Waals surface area (Å²) in [6.45, 7) is 0. The molecule has 6 heteroatoms. The van der Waals surface area contributed by atoms with E-state index in [1.807, 2.05) is 0 Å². The fraction of sp³-hybridized carbons (Fsp3) is 0.286. The Morgan fingerprint density at radius 3 is 3.08 bits per heavy atom. The second-order valence-electron chi connectivity index (χ2n) is 2.40. The van der Waals surface area contributed by atoms with E-state index in [1.54, 1.807) is 12.1 Å². The van der Waals surface area contributed by atoms with Gasteiger partial charge in [-0.15, -0.1) is 0 Å². The molecule has 5 nitrogen and oxygen atoms in total. The number of carbonyl (C=O) groups excluding carboxylic acids is 1. The van der Waals surface area contributed by atoms with Crippen LogP contribution in [-0.2, 0) is 4.79 Å². The monoisotopic (exact) mass is 203 g/mol. The predicted molar refractivity (Wildman–Crippen MR) is 47.0 cm³/mol. The van der Waals surface area contributed by atoms with Crippen molar-refractivity contribution in [1.29, 1.82) is 0 Å². The van der Waals surface area contributed by atoms with Crippen LogP contribution in [0.5, 0.6) is 0 Å². The Balaban J connectivity index is 2.42. The van der Waals surface area contributed by atoms with Gasteiger partial charge < -0.3 is 19.5 Å². The van der Waals surface area contributed by atoms with Crippen LogP contribution in [0.4, 0.5) is 0 Å². The average Bonchev–Trinajstić information content (AvgIpc) is 2.55. The Morgan fingerprint density at radius 2 is 2.54 bits per heavy atom. The number of nitrogens with one attached hydrogen (secondary N) is 1. The largest absolute Gasteiger partial charge is 0.467 e. The van der Waals surface area contributed by atoms with Crippen molar-refractivity contribution in [3.05, 3.63) is 24.2 Å². The van der Waals surface area contributed by atoms with E-state index in [-0.39, 0.29) is 6.42 Å². The second-order valence-corrected chi connectivity index (χ2v) is 2.87. The lowest BCUT2D eigenvalue weighted by molar-refractivity contribution is -0.121. The number of carbonyl (C=O) groups is 1. The quantitative estimate of drug-likeness (QED) is 0.615. The van der Waals surface area contributed by atoms with Gasteiger partial charge in [-0.25, -0.2) is 0 Å². The highest BCUT2D eigenvalue weighted by molar-refractivity contribution is 7.29. The molecule has 1 amide bonds. The maximum absolute atomic E-state index is 10.9. The van der Waals surface area contributed by atoms with Crippen LogP contribution in [0.1, 0.15) is 18.3 Å². The van der Waals surface area contributed by atoms with Crippen molar-refractivity contribution in [2.75, 3.05) is 0 Å². The van der Waals surface area contributed by atoms with E-state index in [2.05, 4.69) is 5.09 Å². The van der Waals surface area contributed by atoms with E-state index in [0.29, 0.717) is 5.76 Å². The number of aliphatic hydroxyl groups excluding tert-OH is 1. The van der Waals surface area contributed by atoms with E-state index in [4.69, 9.17) is 9.31 Å². The van der Waals surface area contributed by atoms with Gasteiger partial charge in [-0.05, 0) is 12.1 Å². The molecule has 72 valence electrons. The molecule has 1 heterocycles. The van der Waals surface area contributed by atoms with Crippen molar-refractivity contribution in [1.82, 2.24) is 5.09 Å². The molecule has 0 saturated carbocycles. The Morgan fingerprint density at radius 1 is 1.77 bits per heavy atom. The number of hydrogen-bond acceptors (Lipinski definition) is 4. The van der Waals surface area contributed by atoms with Gasteiger partial charge in [0, 0.05) is 0 Å². The van der Waals surface area contributed by atoms with Crippen molar-refractivity contribution in [3.8, 4) is 0 Å². The maximum Gasteiger partial charge on any atom is 0.227 e. The topological polar surface area (TPSA) is 82.7 Å². The molecule has 0 aliphatic heterocycles. The Bertz CT molecular complexity index is 261. The zero-order chi connectivity index (χ0) is 9.68. The van der Waals surface area contributed by atoms with Crippen molar-refractivity contribution in [3.63, 3.8) is 0 Å². The lowest BCUT2D eigenvalue weighted by Gasteiger charge is -2.06. The molecule has 0 aliphatic carbocycles. The number of rotatable bonds is 4. The van der Waals surface area contributed by atoms with Crippen LogP contribution in [0.2, 0.25) is 0 Å². The number of hydrogen-bond donors (Lipinski definition) is 3. The van der Waals surface area contributed by atoms with Crippen LogP contribution in [0.25, 0.3) is 0 Å². The zero-order valence-electron chi connectivity index (χ0n) is 6.73. The van der Waals surface area contributed by atoms with Crippen LogP contribution in [0.15, 0.2) is 22.8 Å². The van der Waals surface area contributed by atoms with Crippen LogP contribution in [0.3, 0.4) is 0 Å². The number of furan rings is 1. The third-order valence-electron chi connectivity index (χ3n) is 1.45. The molecule has 1 aromatic rings. The van der Waals surface area contributed by atoms with Crippen molar-refractivity contribution in [2.24, 2.45) is 0 Å². The summed E-state index contributed by atoms with van der Waals surface area (Å²) in [5.41, 5.74) is 0. The van der Waals surface area contributed by atoms with E-state index >= 15 is 0 Å². The van der Waals surface area contributed by atoms with Gasteiger partial charge in [0.25, 0.3) is 0 Å². The minimum absolute atomic E-state index is 0.110. The van der Waals surface area contributed by atoms with Crippen molar-refractivity contribution >= 4 is 14.9 Å². The minimum atomic E-state index is -0.952. The smallest absolute Gasteiger partial charge is 0.227 e. The normalized spacial score (nSPS) is 13.4. The van der Waals surface area contributed by atoms with Gasteiger partial charge in [0.2, 0.25) is 5.91 Å². The van der Waals surface area contributed by atoms with Gasteiger partial charge in [0.05, 0.1) is 12.7 Å². The van der Waals surface area contributed by atoms with Crippen LogP contribution in [0, 0.1) is 0 Å². The summed E-state index contributed by atoms with van der Waals surface area (Å²) < 4.78 is 4.88. The van der Waals surface area contributed by atoms with Crippen molar-refractivity contribution < 1.29 is 19.2 Å². The Hall–Kier alpha value is -0.900. The first-order valence-corrected chi connectivity index (χ1v) is 4.58. The van der Waals surface area contributed by atoms with Gasteiger partial charge in [0.1, 0.15) is 20.8 Å². The summed E-state index contributed by atoms with van der Waals surface area (Å²) in [7, 11) is -0.638. The fourth-order valence-electron chi connectivity index (χ4n) is 0.870. The van der Waals surface area contributed by atoms with Gasteiger partial charge in [-0.1, -0.05) is 0 Å². The summed E-state index contributed by atoms with van der Waals surface area (Å²) in [5, 5.41) is 11.6. The first-order chi connectivity index (χ1) is 6.24. The molecule has 0 saturated heterocycles. The molecule has 13 heavy (non-hydrogen) atoms. The maximum atomic E-state index is 10.9. The van der Waals surface area contributed by atoms with E-state index in [0.717, 1.165) is 0 Å². The number of aliphatic hydroxyl groups is 1. The minimum Gasteiger partial charge on any atom is -0.467 e. The molecule has 0 bridgehead atoms. The van der Waals surface area contributed by atoms with E-state index in [1.165, 1.54) is 6.26 Å². The predicted octanol–water partition coefficient (Wildman–Crippen LogP) is 0.320. The molecule has 1 rings (SSSR count). The molecule has 2 atom stereocenters. The van der Waals surface area contributed by atoms with Crippen LogP contribution < -0.4 is 5.09 Å². The first kappa shape index (κ1) is 10.2. The third kappa shape index (κ3) is 3.14. The molecule has 1 aromatic heterocycles. The van der Waals surface area contributed by atoms with E-state index < -0.39 is 21.0 Å². The Labute approximate surface area is 76.7 Å². The summed E-state index contributed by atoms with van der Waals surface area (Å²) in [6.07, 6.45) is 0.358. The lowest BCUT2D eigenvalue weighted by Crippen LogP contribution is -2.17. The van der Waals surface area contributed by atoms with Crippen LogP contribution >= 0.6 is 8.96 Å². The Kier molecular flexibility index (Phi) is 3.89. The van der Waals surface area contributed by atoms with E-state index in [9.17, 15) is 9.90 Å². The van der Waals surface area contributed by atoms with Gasteiger partial charge >= 0.3 is 0 Å². The number of amides is 1. The lowest BCUT2D eigenvalue weighted by atomic mass is 10.2. The highest BCUT2D eigenvalue weighted by atomic mass is 31.1. The molecular weight excluding hydrogens is 193 g/mol. The molecule has 0 fully saturated rings. The molecule has 2 unspecified atom stereocenters. The summed E-state index contributed by atoms with van der Waals surface area (Å²) in [6, 6.07) is 3.21. The molecule has 0 radical (unpaired) electrons. The summed E-state index contributed by atoms with van der Waals surface area (Å²) in [5.74, 6) is -0.0684. The van der Waals surface area contributed by atoms with Gasteiger partial charge in [-0.3, -0.25) is 4.79 Å². The molecule has 0 spiro atoms. The second kappa shape index (κ2) is 4.97. The standard InChI is InChI=1S/C7H10NO4P/c9-5(4-7(10)8-13-11)6-2-1-3-12-6/h1-3,5,9,11,13H,4H2,(H,8,10). The zero-order valence-corrected chi connectivity index (χ0v) is 7.73. The highest BCUT2D eigenvalue weighted by Crippen LogP contribution is 2.16. The average molecular weight is 203 g/mol. The van der Waals surface area contributed by atoms with Gasteiger partial charge in [-0.2, -0.15) is 0 Å². The molecule has 3 N–H and O–H groups in total. The SMILES string of the molecule is O=C(CC(O)c1ccco1)NPO. The fourth-order valence-corrected chi connectivity index (χ4v) is 1.10.